The molecule has 0 fully saturated rings. The van der Waals surface area contributed by atoms with E-state index in [0.29, 0.717) is 0 Å². The Kier molecular flexibility index (Phi) is 1.63. The lowest BCUT2D eigenvalue weighted by Gasteiger charge is -2.22. The number of hydrogen-bond donors (Lipinski definition) is 0. The van der Waals surface area contributed by atoms with E-state index in [4.69, 9.17) is 0 Å². The van der Waals surface area contributed by atoms with Gasteiger partial charge in [-0.25, -0.2) is 0 Å². The molecule has 2 aromatic carbocycles. The molecule has 0 bridgehead atoms. The van der Waals surface area contributed by atoms with Crippen molar-refractivity contribution in [3.63, 3.8) is 0 Å². The summed E-state index contributed by atoms with van der Waals surface area (Å²) < 4.78 is 4.91. The van der Waals surface area contributed by atoms with E-state index in [0.717, 1.165) is 0 Å². The van der Waals surface area contributed by atoms with E-state index in [1.54, 1.807) is 0 Å². The van der Waals surface area contributed by atoms with Crippen LogP contribution in [-0.2, 0) is 0 Å². The molecule has 0 atom stereocenters. The molecule has 0 radical (unpaired) electrons. The third-order valence-corrected chi connectivity index (χ3v) is 5.57. The average Bonchev–Trinajstić information content (AvgIpc) is 2.65. The number of benzene rings is 2. The summed E-state index contributed by atoms with van der Waals surface area (Å²) in [7, 11) is 0. The topological polar surface area (TPSA) is 8.82 Å². The van der Waals surface area contributed by atoms with Crippen molar-refractivity contribution in [2.45, 2.75) is 0 Å². The predicted molar refractivity (Wildman–Crippen MR) is 101 cm³/mol. The van der Waals surface area contributed by atoms with Gasteiger partial charge in [0.2, 0.25) is 0 Å². The van der Waals surface area contributed by atoms with Gasteiger partial charge in [0, 0.05) is 32.6 Å². The first-order valence-corrected chi connectivity index (χ1v) is 8.31. The summed E-state index contributed by atoms with van der Waals surface area (Å²) in [5.74, 6) is 0. The highest BCUT2D eigenvalue weighted by Crippen LogP contribution is 2.38. The van der Waals surface area contributed by atoms with Gasteiger partial charge < -0.3 is 8.80 Å². The average molecular weight is 304 g/mol. The molecule has 2 nitrogen and oxygen atoms in total. The fraction of sp³-hybridized carbons (Fsp3) is 0. The van der Waals surface area contributed by atoms with Gasteiger partial charge >= 0.3 is 0 Å². The minimum atomic E-state index is 1.25. The summed E-state index contributed by atoms with van der Waals surface area (Å²) in [5, 5.41) is 5.16. The van der Waals surface area contributed by atoms with Gasteiger partial charge in [0.15, 0.2) is 0 Å². The first-order chi connectivity index (χ1) is 11.9. The SMILES string of the molecule is c1cc2ccc3ccc4ccc5ccc6ccc1c1c2n3c4c5n61. The van der Waals surface area contributed by atoms with Crippen LogP contribution in [0.1, 0.15) is 0 Å². The van der Waals surface area contributed by atoms with Crippen LogP contribution in [0.15, 0.2) is 72.8 Å². The number of hydrogen-bond acceptors (Lipinski definition) is 0. The molecule has 110 valence electrons. The highest BCUT2D eigenvalue weighted by molar-refractivity contribution is 6.16. The van der Waals surface area contributed by atoms with Crippen molar-refractivity contribution in [1.82, 2.24) is 8.80 Å². The molecule has 0 amide bonds. The molecule has 0 aliphatic heterocycles. The molecule has 0 N–H and O–H groups in total. The van der Waals surface area contributed by atoms with Crippen molar-refractivity contribution in [1.29, 1.82) is 0 Å². The summed E-state index contributed by atoms with van der Waals surface area (Å²) in [6.45, 7) is 0. The van der Waals surface area contributed by atoms with Gasteiger partial charge in [-0.05, 0) is 24.3 Å². The van der Waals surface area contributed by atoms with E-state index < -0.39 is 0 Å². The van der Waals surface area contributed by atoms with E-state index in [9.17, 15) is 0 Å². The van der Waals surface area contributed by atoms with Gasteiger partial charge in [0.05, 0.1) is 22.1 Å². The minimum Gasteiger partial charge on any atom is -0.305 e. The number of aromatic nitrogens is 2. The first kappa shape index (κ1) is 11.3. The zero-order valence-corrected chi connectivity index (χ0v) is 12.8. The largest absolute Gasteiger partial charge is 0.305 e. The van der Waals surface area contributed by atoms with Crippen molar-refractivity contribution >= 4 is 54.6 Å². The fourth-order valence-electron chi connectivity index (χ4n) is 4.55. The van der Waals surface area contributed by atoms with Gasteiger partial charge in [-0.3, -0.25) is 0 Å². The fourth-order valence-corrected chi connectivity index (χ4v) is 4.55. The van der Waals surface area contributed by atoms with Crippen LogP contribution < -0.4 is 0 Å². The number of rotatable bonds is 0. The molecule has 2 heteroatoms. The molecular formula is C22H12N2. The molecule has 0 saturated carbocycles. The number of pyridine rings is 4. The molecule has 0 aliphatic carbocycles. The molecule has 5 aromatic heterocycles. The second-order valence-corrected chi connectivity index (χ2v) is 6.74. The summed E-state index contributed by atoms with van der Waals surface area (Å²) in [6.07, 6.45) is 0. The third-order valence-electron chi connectivity index (χ3n) is 5.57. The highest BCUT2D eigenvalue weighted by Gasteiger charge is 2.18. The Morgan fingerprint density at radius 3 is 0.875 bits per heavy atom. The van der Waals surface area contributed by atoms with E-state index >= 15 is 0 Å². The predicted octanol–water partition coefficient (Wildman–Crippen LogP) is 5.68. The standard InChI is InChI=1S/C22H12N2/c1-2-14-6-10-18-12-8-16-4-3-15-7-11-17-9-5-13(1)19-20(14)24(18)22(16)21(15)23(17)19/h1-12H. The second-order valence-electron chi connectivity index (χ2n) is 6.74. The second kappa shape index (κ2) is 3.46. The summed E-state index contributed by atoms with van der Waals surface area (Å²) >= 11 is 0. The normalized spacial score (nSPS) is 13.0. The Labute approximate surface area is 136 Å². The molecule has 0 spiro atoms. The molecular weight excluding hydrogens is 292 g/mol. The Morgan fingerprint density at radius 1 is 0.333 bits per heavy atom. The van der Waals surface area contributed by atoms with Crippen molar-refractivity contribution in [3.8, 4) is 0 Å². The molecule has 7 aromatic rings. The molecule has 5 heterocycles. The first-order valence-electron chi connectivity index (χ1n) is 8.31. The quantitative estimate of drug-likeness (QED) is 0.252. The van der Waals surface area contributed by atoms with E-state index in [1.807, 2.05) is 0 Å². The minimum absolute atomic E-state index is 1.25. The van der Waals surface area contributed by atoms with Crippen molar-refractivity contribution in [2.75, 3.05) is 0 Å². The molecule has 24 heavy (non-hydrogen) atoms. The van der Waals surface area contributed by atoms with Crippen molar-refractivity contribution in [2.24, 2.45) is 0 Å². The maximum absolute atomic E-state index is 2.45. The van der Waals surface area contributed by atoms with Crippen LogP contribution in [0.2, 0.25) is 0 Å². The lowest BCUT2D eigenvalue weighted by atomic mass is 10.0. The van der Waals surface area contributed by atoms with Crippen molar-refractivity contribution < 1.29 is 0 Å². The molecule has 0 saturated heterocycles. The van der Waals surface area contributed by atoms with Gasteiger partial charge in [0.25, 0.3) is 0 Å². The summed E-state index contributed by atoms with van der Waals surface area (Å²) in [6, 6.07) is 26.8. The van der Waals surface area contributed by atoms with E-state index in [-0.39, 0.29) is 0 Å². The van der Waals surface area contributed by atoms with Crippen molar-refractivity contribution in [3.05, 3.63) is 72.8 Å². The van der Waals surface area contributed by atoms with Gasteiger partial charge in [0.1, 0.15) is 0 Å². The van der Waals surface area contributed by atoms with Gasteiger partial charge in [-0.2, -0.15) is 0 Å². The third kappa shape index (κ3) is 1.06. The monoisotopic (exact) mass is 304 g/mol. The zero-order chi connectivity index (χ0) is 15.4. The summed E-state index contributed by atoms with van der Waals surface area (Å²) in [5.41, 5.74) is 7.77. The molecule has 7 rings (SSSR count). The Hall–Kier alpha value is -3.26. The Balaban J connectivity index is 2.11. The van der Waals surface area contributed by atoms with Crippen LogP contribution in [0.5, 0.6) is 0 Å². The van der Waals surface area contributed by atoms with E-state index in [2.05, 4.69) is 81.6 Å². The maximum Gasteiger partial charge on any atom is 0.0782 e. The van der Waals surface area contributed by atoms with Gasteiger partial charge in [-0.1, -0.05) is 48.5 Å². The van der Waals surface area contributed by atoms with Crippen LogP contribution >= 0.6 is 0 Å². The Bertz CT molecular complexity index is 1150. The van der Waals surface area contributed by atoms with Crippen LogP contribution in [0.25, 0.3) is 54.6 Å². The van der Waals surface area contributed by atoms with Crippen LogP contribution in [0.4, 0.5) is 0 Å². The lowest BCUT2D eigenvalue weighted by Crippen LogP contribution is -2.05. The number of nitrogens with zero attached hydrogens (tertiary/aromatic N) is 2. The van der Waals surface area contributed by atoms with E-state index in [1.165, 1.54) is 54.6 Å². The van der Waals surface area contributed by atoms with Crippen LogP contribution in [0, 0.1) is 0 Å². The molecule has 0 aliphatic rings. The molecule has 0 unspecified atom stereocenters. The van der Waals surface area contributed by atoms with Crippen LogP contribution in [0.3, 0.4) is 0 Å². The van der Waals surface area contributed by atoms with Crippen LogP contribution in [-0.4, -0.2) is 8.80 Å². The van der Waals surface area contributed by atoms with Gasteiger partial charge in [-0.15, -0.1) is 0 Å². The lowest BCUT2D eigenvalue weighted by molar-refractivity contribution is 1.23. The zero-order valence-electron chi connectivity index (χ0n) is 12.8. The highest BCUT2D eigenvalue weighted by atomic mass is 15.0. The summed E-state index contributed by atoms with van der Waals surface area (Å²) in [4.78, 5) is 0. The Morgan fingerprint density at radius 2 is 0.583 bits per heavy atom. The maximum atomic E-state index is 2.45. The smallest absolute Gasteiger partial charge is 0.0782 e.